The van der Waals surface area contributed by atoms with Gasteiger partial charge in [-0.05, 0) is 39.8 Å². The summed E-state index contributed by atoms with van der Waals surface area (Å²) in [6, 6.07) is 9.56. The molecule has 1 amide bonds. The number of rotatable bonds is 5. The van der Waals surface area contributed by atoms with E-state index < -0.39 is 0 Å². The minimum Gasteiger partial charge on any atom is -0.337 e. The van der Waals surface area contributed by atoms with Gasteiger partial charge in [0.15, 0.2) is 5.82 Å². The zero-order chi connectivity index (χ0) is 22.5. The zero-order valence-electron chi connectivity index (χ0n) is 19.3. The molecular formula is C24H31N7O. The molecule has 0 radical (unpaired) electrons. The number of aromatic nitrogens is 5. The lowest BCUT2D eigenvalue weighted by Crippen LogP contribution is -2.40. The van der Waals surface area contributed by atoms with Crippen molar-refractivity contribution in [1.29, 1.82) is 0 Å². The molecule has 2 aliphatic rings. The Balaban J connectivity index is 1.42. The monoisotopic (exact) mass is 433 g/mol. The lowest BCUT2D eigenvalue weighted by molar-refractivity contribution is 0.0769. The normalized spacial score (nSPS) is 23.1. The lowest BCUT2D eigenvalue weighted by atomic mass is 9.80. The number of aryl methyl sites for hydroxylation is 3. The fraction of sp³-hybridized carbons (Fsp3) is 0.500. The number of nitrogens with one attached hydrogen (secondary N) is 1. The average Bonchev–Trinajstić information content (AvgIpc) is 3.52. The van der Waals surface area contributed by atoms with Crippen LogP contribution in [0, 0.1) is 26.7 Å². The highest BCUT2D eigenvalue weighted by Gasteiger charge is 2.56. The lowest BCUT2D eigenvalue weighted by Gasteiger charge is -2.27. The summed E-state index contributed by atoms with van der Waals surface area (Å²) < 4.78 is 2.08. The van der Waals surface area contributed by atoms with Crippen LogP contribution in [0.2, 0.25) is 0 Å². The number of likely N-dealkylation sites (tertiary alicyclic amines) is 2. The van der Waals surface area contributed by atoms with Gasteiger partial charge >= 0.3 is 0 Å². The van der Waals surface area contributed by atoms with Crippen LogP contribution in [-0.2, 0) is 18.5 Å². The first-order chi connectivity index (χ1) is 15.4. The first-order valence-electron chi connectivity index (χ1n) is 11.4. The number of aromatic amines is 1. The largest absolute Gasteiger partial charge is 0.337 e. The third-order valence-electron chi connectivity index (χ3n) is 7.24. The van der Waals surface area contributed by atoms with E-state index in [1.54, 1.807) is 0 Å². The van der Waals surface area contributed by atoms with E-state index in [1.165, 1.54) is 11.3 Å². The van der Waals surface area contributed by atoms with Gasteiger partial charge in [0.25, 0.3) is 5.91 Å². The summed E-state index contributed by atoms with van der Waals surface area (Å²) in [6.07, 6.45) is 0. The van der Waals surface area contributed by atoms with Crippen molar-refractivity contribution in [2.24, 2.45) is 5.92 Å². The van der Waals surface area contributed by atoms with Crippen LogP contribution >= 0.6 is 0 Å². The maximum Gasteiger partial charge on any atom is 0.253 e. The Hall–Kier alpha value is -3.00. The van der Waals surface area contributed by atoms with Crippen LogP contribution in [0.4, 0.5) is 0 Å². The molecule has 168 valence electrons. The van der Waals surface area contributed by atoms with Crippen LogP contribution in [0.25, 0.3) is 0 Å². The number of fused-ring (bicyclic) bond motifs is 1. The molecule has 2 aliphatic heterocycles. The van der Waals surface area contributed by atoms with Crippen molar-refractivity contribution in [3.05, 3.63) is 64.5 Å². The SMILES string of the molecule is CCn1nc(C)c(CN2C[C@@H]3CN(C(=O)c4ccccc4)C[C@]3(c3n[nH]c(C)n3)C2)c1C. The van der Waals surface area contributed by atoms with Crippen molar-refractivity contribution in [3.63, 3.8) is 0 Å². The van der Waals surface area contributed by atoms with Gasteiger partial charge < -0.3 is 4.90 Å². The molecule has 5 rings (SSSR count). The molecule has 8 nitrogen and oxygen atoms in total. The first kappa shape index (κ1) is 20.9. The second-order valence-corrected chi connectivity index (χ2v) is 9.28. The van der Waals surface area contributed by atoms with E-state index in [0.29, 0.717) is 12.5 Å². The number of H-pyrrole nitrogens is 1. The molecule has 1 N–H and O–H groups in total. The van der Waals surface area contributed by atoms with Crippen molar-refractivity contribution in [2.75, 3.05) is 26.2 Å². The van der Waals surface area contributed by atoms with Gasteiger partial charge in [0.1, 0.15) is 5.82 Å². The molecule has 2 atom stereocenters. The summed E-state index contributed by atoms with van der Waals surface area (Å²) in [5.41, 5.74) is 4.14. The minimum absolute atomic E-state index is 0.0918. The zero-order valence-corrected chi connectivity index (χ0v) is 19.3. The highest BCUT2D eigenvalue weighted by molar-refractivity contribution is 5.94. The third-order valence-corrected chi connectivity index (χ3v) is 7.24. The number of carbonyl (C=O) groups excluding carboxylic acids is 1. The van der Waals surface area contributed by atoms with Crippen molar-refractivity contribution >= 4 is 5.91 Å². The van der Waals surface area contributed by atoms with E-state index in [9.17, 15) is 4.79 Å². The molecule has 4 heterocycles. The Bertz CT molecular complexity index is 1130. The molecule has 3 aromatic rings. The Labute approximate surface area is 188 Å². The summed E-state index contributed by atoms with van der Waals surface area (Å²) in [6.45, 7) is 13.2. The number of nitrogens with zero attached hydrogens (tertiary/aromatic N) is 6. The van der Waals surface area contributed by atoms with E-state index in [2.05, 4.69) is 40.6 Å². The number of carbonyl (C=O) groups is 1. The van der Waals surface area contributed by atoms with Crippen molar-refractivity contribution in [3.8, 4) is 0 Å². The molecule has 32 heavy (non-hydrogen) atoms. The molecule has 0 aliphatic carbocycles. The topological polar surface area (TPSA) is 82.9 Å². The van der Waals surface area contributed by atoms with Gasteiger partial charge in [-0.3, -0.25) is 19.5 Å². The summed E-state index contributed by atoms with van der Waals surface area (Å²) in [4.78, 5) is 22.4. The van der Waals surface area contributed by atoms with Gasteiger partial charge in [0, 0.05) is 62.0 Å². The fourth-order valence-corrected chi connectivity index (χ4v) is 5.58. The molecule has 8 heteroatoms. The highest BCUT2D eigenvalue weighted by Crippen LogP contribution is 2.44. The van der Waals surface area contributed by atoms with E-state index in [0.717, 1.165) is 55.6 Å². The van der Waals surface area contributed by atoms with E-state index in [-0.39, 0.29) is 11.3 Å². The minimum atomic E-state index is -0.252. The molecule has 2 fully saturated rings. The predicted octanol–water partition coefficient (Wildman–Crippen LogP) is 2.47. The molecular weight excluding hydrogens is 402 g/mol. The smallest absolute Gasteiger partial charge is 0.253 e. The number of hydrogen-bond acceptors (Lipinski definition) is 5. The summed E-state index contributed by atoms with van der Waals surface area (Å²) in [7, 11) is 0. The molecule has 0 unspecified atom stereocenters. The second-order valence-electron chi connectivity index (χ2n) is 9.28. The number of amides is 1. The summed E-state index contributed by atoms with van der Waals surface area (Å²) in [5, 5.41) is 12.3. The molecule has 1 aromatic carbocycles. The summed E-state index contributed by atoms with van der Waals surface area (Å²) in [5.74, 6) is 2.04. The Morgan fingerprint density at radius 1 is 1.16 bits per heavy atom. The Morgan fingerprint density at radius 3 is 2.59 bits per heavy atom. The van der Waals surface area contributed by atoms with E-state index in [4.69, 9.17) is 10.1 Å². The van der Waals surface area contributed by atoms with Crippen LogP contribution in [0.3, 0.4) is 0 Å². The standard InChI is InChI=1S/C24H31N7O/c1-5-31-17(3)21(16(2)28-31)13-29-11-20-12-30(22(32)19-9-7-6-8-10-19)15-24(20,14-29)23-25-18(4)26-27-23/h6-10,20H,5,11-15H2,1-4H3,(H,25,26,27)/t20-,24-/m1/s1. The van der Waals surface area contributed by atoms with Crippen LogP contribution in [0.5, 0.6) is 0 Å². The quantitative estimate of drug-likeness (QED) is 0.668. The number of benzene rings is 1. The fourth-order valence-electron chi connectivity index (χ4n) is 5.58. The Morgan fingerprint density at radius 2 is 1.94 bits per heavy atom. The molecule has 0 saturated carbocycles. The third kappa shape index (κ3) is 3.33. The average molecular weight is 434 g/mol. The van der Waals surface area contributed by atoms with Gasteiger partial charge in [-0.25, -0.2) is 4.98 Å². The molecule has 2 saturated heterocycles. The predicted molar refractivity (Wildman–Crippen MR) is 121 cm³/mol. The van der Waals surface area contributed by atoms with Crippen molar-refractivity contribution in [2.45, 2.75) is 46.2 Å². The highest BCUT2D eigenvalue weighted by atomic mass is 16.2. The maximum absolute atomic E-state index is 13.2. The van der Waals surface area contributed by atoms with Crippen LogP contribution < -0.4 is 0 Å². The molecule has 2 aromatic heterocycles. The molecule has 0 spiro atoms. The van der Waals surface area contributed by atoms with E-state index >= 15 is 0 Å². The van der Waals surface area contributed by atoms with Gasteiger partial charge in [-0.2, -0.15) is 10.2 Å². The van der Waals surface area contributed by atoms with Crippen molar-refractivity contribution in [1.82, 2.24) is 34.8 Å². The maximum atomic E-state index is 13.2. The van der Waals surface area contributed by atoms with Gasteiger partial charge in [-0.1, -0.05) is 18.2 Å². The van der Waals surface area contributed by atoms with Gasteiger partial charge in [-0.15, -0.1) is 0 Å². The summed E-state index contributed by atoms with van der Waals surface area (Å²) >= 11 is 0. The van der Waals surface area contributed by atoms with Crippen molar-refractivity contribution < 1.29 is 4.79 Å². The molecule has 0 bridgehead atoms. The first-order valence-corrected chi connectivity index (χ1v) is 11.4. The van der Waals surface area contributed by atoms with Gasteiger partial charge in [0.05, 0.1) is 11.1 Å². The second kappa shape index (κ2) is 7.85. The number of hydrogen-bond donors (Lipinski definition) is 1. The van der Waals surface area contributed by atoms with Crippen LogP contribution in [0.1, 0.15) is 45.9 Å². The van der Waals surface area contributed by atoms with Crippen LogP contribution in [0.15, 0.2) is 30.3 Å². The Kier molecular flexibility index (Phi) is 5.12. The van der Waals surface area contributed by atoms with Gasteiger partial charge in [0.2, 0.25) is 0 Å². The van der Waals surface area contributed by atoms with Crippen LogP contribution in [-0.4, -0.2) is 66.8 Å². The van der Waals surface area contributed by atoms with E-state index in [1.807, 2.05) is 42.2 Å².